The summed E-state index contributed by atoms with van der Waals surface area (Å²) < 4.78 is 0. The maximum absolute atomic E-state index is 10.2. The molecule has 0 aromatic rings. The standard InChI is InChI=1S/C10H19NO/c1-9-5-3-6-10(2)11(9)7-4-8-12/h8-10H,3-7H2,1-2H3. The van der Waals surface area contributed by atoms with Gasteiger partial charge in [0, 0.05) is 25.0 Å². The molecule has 70 valence electrons. The first-order valence-electron chi connectivity index (χ1n) is 4.95. The molecule has 2 heteroatoms. The molecule has 0 radical (unpaired) electrons. The van der Waals surface area contributed by atoms with Gasteiger partial charge in [-0.3, -0.25) is 4.90 Å². The van der Waals surface area contributed by atoms with E-state index < -0.39 is 0 Å². The summed E-state index contributed by atoms with van der Waals surface area (Å²) in [5.74, 6) is 0. The fraction of sp³-hybridized carbons (Fsp3) is 0.900. The zero-order valence-corrected chi connectivity index (χ0v) is 8.12. The molecule has 0 aromatic heterocycles. The van der Waals surface area contributed by atoms with Crippen LogP contribution in [0.1, 0.15) is 39.5 Å². The van der Waals surface area contributed by atoms with E-state index in [1.54, 1.807) is 0 Å². The van der Waals surface area contributed by atoms with Gasteiger partial charge in [-0.15, -0.1) is 0 Å². The number of hydrogen-bond donors (Lipinski definition) is 0. The number of rotatable bonds is 3. The van der Waals surface area contributed by atoms with E-state index in [9.17, 15) is 4.79 Å². The van der Waals surface area contributed by atoms with Gasteiger partial charge in [0.15, 0.2) is 0 Å². The van der Waals surface area contributed by atoms with Crippen LogP contribution in [0, 0.1) is 0 Å². The fourth-order valence-corrected chi connectivity index (χ4v) is 2.12. The van der Waals surface area contributed by atoms with Gasteiger partial charge in [0.05, 0.1) is 0 Å². The monoisotopic (exact) mass is 169 g/mol. The van der Waals surface area contributed by atoms with Crippen LogP contribution in [0.4, 0.5) is 0 Å². The second kappa shape index (κ2) is 4.61. The molecule has 0 aromatic carbocycles. The number of hydrogen-bond acceptors (Lipinski definition) is 2. The molecular weight excluding hydrogens is 150 g/mol. The lowest BCUT2D eigenvalue weighted by atomic mass is 9.97. The van der Waals surface area contributed by atoms with Crippen molar-refractivity contribution in [3.63, 3.8) is 0 Å². The minimum atomic E-state index is 0.675. The van der Waals surface area contributed by atoms with Crippen LogP contribution in [-0.2, 0) is 4.79 Å². The second-order valence-electron chi connectivity index (χ2n) is 3.82. The Morgan fingerprint density at radius 1 is 1.33 bits per heavy atom. The highest BCUT2D eigenvalue weighted by Gasteiger charge is 2.23. The average molecular weight is 169 g/mol. The zero-order valence-electron chi connectivity index (χ0n) is 8.12. The highest BCUT2D eigenvalue weighted by Crippen LogP contribution is 2.21. The summed E-state index contributed by atoms with van der Waals surface area (Å²) in [6.45, 7) is 5.48. The molecule has 1 aliphatic rings. The number of nitrogens with zero attached hydrogens (tertiary/aromatic N) is 1. The molecule has 12 heavy (non-hydrogen) atoms. The lowest BCUT2D eigenvalue weighted by molar-refractivity contribution is -0.108. The first-order valence-corrected chi connectivity index (χ1v) is 4.95. The SMILES string of the molecule is CC1CCCC(C)N1CCC=O. The van der Waals surface area contributed by atoms with E-state index in [4.69, 9.17) is 0 Å². The van der Waals surface area contributed by atoms with E-state index in [1.807, 2.05) is 0 Å². The predicted molar refractivity (Wildman–Crippen MR) is 50.2 cm³/mol. The van der Waals surface area contributed by atoms with Crippen molar-refractivity contribution < 1.29 is 4.79 Å². The summed E-state index contributed by atoms with van der Waals surface area (Å²) in [6, 6.07) is 1.35. The largest absolute Gasteiger partial charge is 0.303 e. The number of carbonyl (C=O) groups is 1. The van der Waals surface area contributed by atoms with E-state index >= 15 is 0 Å². The van der Waals surface area contributed by atoms with Crippen LogP contribution in [0.15, 0.2) is 0 Å². The Labute approximate surface area is 74.9 Å². The minimum Gasteiger partial charge on any atom is -0.303 e. The lowest BCUT2D eigenvalue weighted by Crippen LogP contribution is -2.44. The molecule has 2 nitrogen and oxygen atoms in total. The van der Waals surface area contributed by atoms with Crippen molar-refractivity contribution in [2.75, 3.05) is 6.54 Å². The Kier molecular flexibility index (Phi) is 3.73. The highest BCUT2D eigenvalue weighted by atomic mass is 16.1. The molecular formula is C10H19NO. The third kappa shape index (κ3) is 2.31. The summed E-state index contributed by atoms with van der Waals surface area (Å²) >= 11 is 0. The van der Waals surface area contributed by atoms with Crippen LogP contribution >= 0.6 is 0 Å². The van der Waals surface area contributed by atoms with E-state index in [0.717, 1.165) is 12.8 Å². The molecule has 1 fully saturated rings. The van der Waals surface area contributed by atoms with Gasteiger partial charge < -0.3 is 4.79 Å². The van der Waals surface area contributed by atoms with E-state index in [-0.39, 0.29) is 0 Å². The maximum atomic E-state index is 10.2. The van der Waals surface area contributed by atoms with Gasteiger partial charge >= 0.3 is 0 Å². The molecule has 1 heterocycles. The van der Waals surface area contributed by atoms with Gasteiger partial charge in [0.25, 0.3) is 0 Å². The van der Waals surface area contributed by atoms with Gasteiger partial charge in [0.2, 0.25) is 0 Å². The number of piperidine rings is 1. The summed E-state index contributed by atoms with van der Waals surface area (Å²) in [5.41, 5.74) is 0. The first kappa shape index (κ1) is 9.72. The lowest BCUT2D eigenvalue weighted by Gasteiger charge is -2.38. The summed E-state index contributed by atoms with van der Waals surface area (Å²) in [4.78, 5) is 12.7. The van der Waals surface area contributed by atoms with Crippen LogP contribution < -0.4 is 0 Å². The number of carbonyl (C=O) groups excluding carboxylic acids is 1. The molecule has 0 bridgehead atoms. The van der Waals surface area contributed by atoms with Crippen LogP contribution in [-0.4, -0.2) is 29.8 Å². The third-order valence-corrected chi connectivity index (χ3v) is 2.88. The molecule has 2 atom stereocenters. The van der Waals surface area contributed by atoms with Gasteiger partial charge in [-0.2, -0.15) is 0 Å². The topological polar surface area (TPSA) is 20.3 Å². The average Bonchev–Trinajstić information content (AvgIpc) is 2.04. The van der Waals surface area contributed by atoms with E-state index in [2.05, 4.69) is 18.7 Å². The summed E-state index contributed by atoms with van der Waals surface area (Å²) in [6.07, 6.45) is 5.65. The Hall–Kier alpha value is -0.370. The molecule has 2 unspecified atom stereocenters. The quantitative estimate of drug-likeness (QED) is 0.601. The van der Waals surface area contributed by atoms with Crippen molar-refractivity contribution in [3.05, 3.63) is 0 Å². The second-order valence-corrected chi connectivity index (χ2v) is 3.82. The molecule has 1 aliphatic heterocycles. The normalized spacial score (nSPS) is 31.8. The van der Waals surface area contributed by atoms with Crippen molar-refractivity contribution in [1.29, 1.82) is 0 Å². The van der Waals surface area contributed by atoms with Crippen LogP contribution in [0.25, 0.3) is 0 Å². The fourth-order valence-electron chi connectivity index (χ4n) is 2.12. The third-order valence-electron chi connectivity index (χ3n) is 2.88. The maximum Gasteiger partial charge on any atom is 0.121 e. The molecule has 0 saturated carbocycles. The zero-order chi connectivity index (χ0) is 8.97. The summed E-state index contributed by atoms with van der Waals surface area (Å²) in [5, 5.41) is 0. The predicted octanol–water partition coefficient (Wildman–Crippen LogP) is 1.84. The van der Waals surface area contributed by atoms with Crippen molar-refractivity contribution in [2.24, 2.45) is 0 Å². The summed E-state index contributed by atoms with van der Waals surface area (Å²) in [7, 11) is 0. The Morgan fingerprint density at radius 3 is 2.42 bits per heavy atom. The minimum absolute atomic E-state index is 0.675. The molecule has 0 spiro atoms. The van der Waals surface area contributed by atoms with Gasteiger partial charge in [-0.05, 0) is 26.7 Å². The molecule has 1 saturated heterocycles. The van der Waals surface area contributed by atoms with Crippen LogP contribution in [0.2, 0.25) is 0 Å². The van der Waals surface area contributed by atoms with E-state index in [1.165, 1.54) is 19.3 Å². The van der Waals surface area contributed by atoms with Crippen LogP contribution in [0.5, 0.6) is 0 Å². The van der Waals surface area contributed by atoms with E-state index in [0.29, 0.717) is 18.5 Å². The number of aldehydes is 1. The molecule has 1 rings (SSSR count). The van der Waals surface area contributed by atoms with Gasteiger partial charge in [-0.1, -0.05) is 6.42 Å². The molecule has 0 amide bonds. The van der Waals surface area contributed by atoms with Crippen molar-refractivity contribution >= 4 is 6.29 Å². The molecule has 0 N–H and O–H groups in total. The van der Waals surface area contributed by atoms with Crippen molar-refractivity contribution in [2.45, 2.75) is 51.6 Å². The Morgan fingerprint density at radius 2 is 1.92 bits per heavy atom. The van der Waals surface area contributed by atoms with Crippen LogP contribution in [0.3, 0.4) is 0 Å². The van der Waals surface area contributed by atoms with Gasteiger partial charge in [0.1, 0.15) is 6.29 Å². The number of likely N-dealkylation sites (tertiary alicyclic amines) is 1. The Bertz CT molecular complexity index is 137. The Balaban J connectivity index is 2.39. The van der Waals surface area contributed by atoms with Crippen molar-refractivity contribution in [3.8, 4) is 0 Å². The van der Waals surface area contributed by atoms with Crippen molar-refractivity contribution in [1.82, 2.24) is 4.90 Å². The smallest absolute Gasteiger partial charge is 0.121 e. The first-order chi connectivity index (χ1) is 5.75. The molecule has 0 aliphatic carbocycles. The van der Waals surface area contributed by atoms with Gasteiger partial charge in [-0.25, -0.2) is 0 Å². The highest BCUT2D eigenvalue weighted by molar-refractivity contribution is 5.49.